The number of aliphatic hydroxyl groups excluding tert-OH is 1. The van der Waals surface area contributed by atoms with Gasteiger partial charge in [-0.2, -0.15) is 0 Å². The Morgan fingerprint density at radius 1 is 1.62 bits per heavy atom. The van der Waals surface area contributed by atoms with E-state index in [-0.39, 0.29) is 17.4 Å². The van der Waals surface area contributed by atoms with Crippen molar-refractivity contribution in [3.05, 3.63) is 18.2 Å². The van der Waals surface area contributed by atoms with Crippen molar-refractivity contribution in [2.45, 2.75) is 25.7 Å². The van der Waals surface area contributed by atoms with Gasteiger partial charge in [0.25, 0.3) is 0 Å². The highest BCUT2D eigenvalue weighted by Gasteiger charge is 2.62. The summed E-state index contributed by atoms with van der Waals surface area (Å²) in [5.41, 5.74) is 1.16. The highest BCUT2D eigenvalue weighted by Crippen LogP contribution is 2.63. The molecule has 0 aliphatic heterocycles. The van der Waals surface area contributed by atoms with Gasteiger partial charge in [-0.3, -0.25) is 0 Å². The lowest BCUT2D eigenvalue weighted by atomic mass is 9.94. The summed E-state index contributed by atoms with van der Waals surface area (Å²) in [6, 6.07) is 0. The maximum atomic E-state index is 9.41. The molecule has 1 saturated carbocycles. The highest BCUT2D eigenvalue weighted by molar-refractivity contribution is 5.30. The number of hydrogen-bond donors (Lipinski definition) is 1. The minimum absolute atomic E-state index is 0.0751. The van der Waals surface area contributed by atoms with Gasteiger partial charge in [0, 0.05) is 18.7 Å². The first-order valence-electron chi connectivity index (χ1n) is 4.61. The first-order valence-corrected chi connectivity index (χ1v) is 4.61. The Morgan fingerprint density at radius 3 is 2.54 bits per heavy atom. The normalized spacial score (nSPS) is 30.5. The molecule has 1 aliphatic rings. The van der Waals surface area contributed by atoms with E-state index in [9.17, 15) is 5.11 Å². The van der Waals surface area contributed by atoms with Crippen molar-refractivity contribution in [1.29, 1.82) is 0 Å². The Morgan fingerprint density at radius 2 is 2.23 bits per heavy atom. The third-order valence-electron chi connectivity index (χ3n) is 3.38. The second kappa shape index (κ2) is 2.35. The predicted octanol–water partition coefficient (Wildman–Crippen LogP) is 1.08. The molecule has 0 radical (unpaired) electrons. The van der Waals surface area contributed by atoms with Crippen LogP contribution in [0.3, 0.4) is 0 Å². The van der Waals surface area contributed by atoms with Crippen LogP contribution in [-0.4, -0.2) is 21.3 Å². The molecule has 1 N–H and O–H groups in total. The maximum absolute atomic E-state index is 9.41. The molecule has 13 heavy (non-hydrogen) atoms. The Balaban J connectivity index is 2.35. The van der Waals surface area contributed by atoms with Crippen molar-refractivity contribution >= 4 is 0 Å². The van der Waals surface area contributed by atoms with Gasteiger partial charge in [0.1, 0.15) is 0 Å². The largest absolute Gasteiger partial charge is 0.395 e. The van der Waals surface area contributed by atoms with Crippen LogP contribution >= 0.6 is 0 Å². The number of aromatic nitrogens is 2. The molecule has 1 fully saturated rings. The van der Waals surface area contributed by atoms with Gasteiger partial charge in [-0.15, -0.1) is 0 Å². The molecule has 3 heteroatoms. The summed E-state index contributed by atoms with van der Waals surface area (Å²) in [6.45, 7) is 4.56. The van der Waals surface area contributed by atoms with E-state index >= 15 is 0 Å². The fourth-order valence-corrected chi connectivity index (χ4v) is 2.16. The fourth-order valence-electron chi connectivity index (χ4n) is 2.16. The van der Waals surface area contributed by atoms with Crippen LogP contribution in [0.4, 0.5) is 0 Å². The molecule has 1 heterocycles. The monoisotopic (exact) mass is 180 g/mol. The van der Waals surface area contributed by atoms with Crippen LogP contribution in [0.15, 0.2) is 12.5 Å². The Labute approximate surface area is 78.4 Å². The van der Waals surface area contributed by atoms with Crippen molar-refractivity contribution in [3.63, 3.8) is 0 Å². The zero-order valence-electron chi connectivity index (χ0n) is 8.41. The van der Waals surface area contributed by atoms with Crippen LogP contribution in [-0.2, 0) is 12.5 Å². The smallest absolute Gasteiger partial charge is 0.0947 e. The molecular formula is C10H16N2O. The molecule has 72 valence electrons. The first kappa shape index (κ1) is 8.75. The summed E-state index contributed by atoms with van der Waals surface area (Å²) < 4.78 is 1.93. The average Bonchev–Trinajstić information content (AvgIpc) is 2.43. The minimum atomic E-state index is -0.0751. The molecule has 1 atom stereocenters. The average molecular weight is 180 g/mol. The Kier molecular flexibility index (Phi) is 1.58. The SMILES string of the molecule is Cn1cnc(C2(CO)CC2(C)C)c1. The summed E-state index contributed by atoms with van der Waals surface area (Å²) >= 11 is 0. The summed E-state index contributed by atoms with van der Waals surface area (Å²) in [5, 5.41) is 9.41. The van der Waals surface area contributed by atoms with E-state index in [1.54, 1.807) is 6.33 Å². The van der Waals surface area contributed by atoms with Crippen molar-refractivity contribution in [3.8, 4) is 0 Å². The molecular weight excluding hydrogens is 164 g/mol. The van der Waals surface area contributed by atoms with Gasteiger partial charge >= 0.3 is 0 Å². The van der Waals surface area contributed by atoms with Gasteiger partial charge in [-0.05, 0) is 11.8 Å². The van der Waals surface area contributed by atoms with Gasteiger partial charge in [-0.1, -0.05) is 13.8 Å². The minimum Gasteiger partial charge on any atom is -0.395 e. The van der Waals surface area contributed by atoms with Crippen molar-refractivity contribution in [1.82, 2.24) is 9.55 Å². The molecule has 0 spiro atoms. The molecule has 0 bridgehead atoms. The molecule has 0 amide bonds. The van der Waals surface area contributed by atoms with Crippen molar-refractivity contribution in [2.75, 3.05) is 6.61 Å². The maximum Gasteiger partial charge on any atom is 0.0947 e. The standard InChI is InChI=1S/C10H16N2O/c1-9(2)5-10(9,6-13)8-4-12(3)7-11-8/h4,7,13H,5-6H2,1-3H3. The van der Waals surface area contributed by atoms with E-state index in [4.69, 9.17) is 0 Å². The van der Waals surface area contributed by atoms with Gasteiger partial charge in [0.15, 0.2) is 0 Å². The zero-order chi connectivity index (χ0) is 9.69. The fraction of sp³-hybridized carbons (Fsp3) is 0.700. The van der Waals surface area contributed by atoms with E-state index in [1.807, 2.05) is 17.8 Å². The molecule has 1 aromatic heterocycles. The molecule has 0 aromatic carbocycles. The highest BCUT2D eigenvalue weighted by atomic mass is 16.3. The van der Waals surface area contributed by atoms with Crippen molar-refractivity contribution in [2.24, 2.45) is 12.5 Å². The van der Waals surface area contributed by atoms with Gasteiger partial charge in [0.05, 0.1) is 18.6 Å². The van der Waals surface area contributed by atoms with Crippen LogP contribution in [0, 0.1) is 5.41 Å². The lowest BCUT2D eigenvalue weighted by molar-refractivity contribution is 0.229. The Bertz CT molecular complexity index is 329. The van der Waals surface area contributed by atoms with Gasteiger partial charge in [-0.25, -0.2) is 4.98 Å². The second-order valence-electron chi connectivity index (χ2n) is 4.73. The summed E-state index contributed by atoms with van der Waals surface area (Å²) in [6.07, 6.45) is 4.83. The summed E-state index contributed by atoms with van der Waals surface area (Å²) in [7, 11) is 1.96. The quantitative estimate of drug-likeness (QED) is 0.739. The van der Waals surface area contributed by atoms with Crippen LogP contribution in [0.25, 0.3) is 0 Å². The first-order chi connectivity index (χ1) is 6.02. The number of nitrogens with zero attached hydrogens (tertiary/aromatic N) is 2. The Hall–Kier alpha value is -0.830. The van der Waals surface area contributed by atoms with Gasteiger partial charge in [0.2, 0.25) is 0 Å². The second-order valence-corrected chi connectivity index (χ2v) is 4.73. The predicted molar refractivity (Wildman–Crippen MR) is 50.4 cm³/mol. The van der Waals surface area contributed by atoms with Crippen LogP contribution < -0.4 is 0 Å². The molecule has 1 aliphatic carbocycles. The third-order valence-corrected chi connectivity index (χ3v) is 3.38. The molecule has 0 saturated heterocycles. The summed E-state index contributed by atoms with van der Waals surface area (Å²) in [5.74, 6) is 0. The number of aryl methyl sites for hydroxylation is 1. The number of aliphatic hydroxyl groups is 1. The van der Waals surface area contributed by atoms with E-state index in [0.29, 0.717) is 0 Å². The van der Waals surface area contributed by atoms with Crippen LogP contribution in [0.5, 0.6) is 0 Å². The van der Waals surface area contributed by atoms with Crippen molar-refractivity contribution < 1.29 is 5.11 Å². The molecule has 1 unspecified atom stereocenters. The lowest BCUT2D eigenvalue weighted by Crippen LogP contribution is -2.19. The van der Waals surface area contributed by atoms with E-state index in [2.05, 4.69) is 18.8 Å². The topological polar surface area (TPSA) is 38.0 Å². The van der Waals surface area contributed by atoms with Crippen LogP contribution in [0.2, 0.25) is 0 Å². The molecule has 1 aromatic rings. The van der Waals surface area contributed by atoms with E-state index < -0.39 is 0 Å². The molecule has 3 nitrogen and oxygen atoms in total. The van der Waals surface area contributed by atoms with Crippen LogP contribution in [0.1, 0.15) is 26.0 Å². The van der Waals surface area contributed by atoms with Gasteiger partial charge < -0.3 is 9.67 Å². The number of rotatable bonds is 2. The third kappa shape index (κ3) is 1.03. The lowest BCUT2D eigenvalue weighted by Gasteiger charge is -2.14. The molecule has 2 rings (SSSR count). The zero-order valence-corrected chi connectivity index (χ0v) is 8.41. The number of imidazole rings is 1. The van der Waals surface area contributed by atoms with E-state index in [0.717, 1.165) is 12.1 Å². The number of hydrogen-bond acceptors (Lipinski definition) is 2. The summed E-state index contributed by atoms with van der Waals surface area (Å²) in [4.78, 5) is 4.32. The van der Waals surface area contributed by atoms with E-state index in [1.165, 1.54) is 0 Å².